The van der Waals surface area contributed by atoms with Crippen LogP contribution in [0.5, 0.6) is 11.5 Å². The van der Waals surface area contributed by atoms with Crippen molar-refractivity contribution in [2.24, 2.45) is 11.8 Å². The van der Waals surface area contributed by atoms with Gasteiger partial charge in [-0.05, 0) is 67.6 Å². The summed E-state index contributed by atoms with van der Waals surface area (Å²) in [6.07, 6.45) is -16.0. The Balaban J connectivity index is 2.03. The Morgan fingerprint density at radius 1 is 1.18 bits per heavy atom. The minimum atomic E-state index is -4.34. The number of Topliss-reactive ketones (excluding diaryl/α,β-unsaturated/α-hetero) is 1. The Morgan fingerprint density at radius 3 is 2.54 bits per heavy atom. The molecule has 1 aliphatic heterocycles. The topological polar surface area (TPSA) is 38.8 Å². The lowest BCUT2D eigenvalue weighted by atomic mass is 9.85. The Hall–Kier alpha value is -2.33. The molecule has 0 amide bonds. The van der Waals surface area contributed by atoms with E-state index in [-0.39, 0.29) is 4.90 Å². The van der Waals surface area contributed by atoms with Crippen LogP contribution in [0.2, 0.25) is 0 Å². The molecule has 2 aliphatic rings. The van der Waals surface area contributed by atoms with Gasteiger partial charge in [0.1, 0.15) is 0 Å². The Kier molecular flexibility index (Phi) is 2.24. The molecule has 4 rings (SSSR count). The number of methoxy groups -OCH3 is 2. The third-order valence-corrected chi connectivity index (χ3v) is 4.03. The van der Waals surface area contributed by atoms with Crippen molar-refractivity contribution in [1.82, 2.24) is 4.90 Å². The molecule has 0 bridgehead atoms. The summed E-state index contributed by atoms with van der Waals surface area (Å²) >= 11 is 0. The maximum Gasteiger partial charge on any atom is 0.166 e. The Bertz CT molecular complexity index is 1520. The standard InChI is InChI=1S/C24H29NO3/c1-27-22-14-19-13-20(24(26)21(19)15-23(22)28-2)12-17-8-10-25(11-9-17)16-18-6-4-3-5-7-18/h3-7,14-15,17,20H,8-13,16H2,1-2H3/i8D2,9D2,10D2,11D2,12D2,13D2,14D,15D,16D2,17D. The van der Waals surface area contributed by atoms with E-state index >= 15 is 0 Å². The molecule has 0 spiro atoms. The number of piperidine rings is 1. The van der Waals surface area contributed by atoms with Gasteiger partial charge in [-0.3, -0.25) is 9.69 Å². The van der Waals surface area contributed by atoms with Crippen LogP contribution in [-0.2, 0) is 12.9 Å². The van der Waals surface area contributed by atoms with Crippen molar-refractivity contribution < 1.29 is 37.6 Å². The molecule has 4 heteroatoms. The molecule has 28 heavy (non-hydrogen) atoms. The van der Waals surface area contributed by atoms with Crippen LogP contribution in [0, 0.1) is 11.8 Å². The van der Waals surface area contributed by atoms with Gasteiger partial charge in [0.2, 0.25) is 0 Å². The zero-order valence-electron chi connectivity index (χ0n) is 32.1. The molecular weight excluding hydrogens is 350 g/mol. The van der Waals surface area contributed by atoms with E-state index < -0.39 is 103 Å². The largest absolute Gasteiger partial charge is 0.493 e. The number of hydrogen-bond acceptors (Lipinski definition) is 4. The van der Waals surface area contributed by atoms with E-state index in [0.29, 0.717) is 0 Å². The van der Waals surface area contributed by atoms with Crippen LogP contribution >= 0.6 is 0 Å². The number of ether oxygens (including phenoxy) is 2. The van der Waals surface area contributed by atoms with Crippen molar-refractivity contribution in [3.8, 4) is 11.5 Å². The number of benzene rings is 2. The first kappa shape index (κ1) is 7.49. The van der Waals surface area contributed by atoms with E-state index in [2.05, 4.69) is 0 Å². The lowest BCUT2D eigenvalue weighted by molar-refractivity contribution is 0.0895. The fourth-order valence-corrected chi connectivity index (χ4v) is 2.70. The molecule has 2 aromatic carbocycles. The van der Waals surface area contributed by atoms with Crippen molar-refractivity contribution >= 4 is 5.78 Å². The number of carbonyl (C=O) groups is 1. The van der Waals surface area contributed by atoms with Gasteiger partial charge in [0.05, 0.1) is 17.0 Å². The Labute approximate surface area is 191 Å². The van der Waals surface area contributed by atoms with Crippen LogP contribution in [0.4, 0.5) is 0 Å². The lowest BCUT2D eigenvalue weighted by Gasteiger charge is -2.32. The molecule has 1 atom stereocenters. The van der Waals surface area contributed by atoms with E-state index in [9.17, 15) is 4.79 Å². The molecule has 0 radical (unpaired) electrons. The van der Waals surface area contributed by atoms with Crippen LogP contribution in [0.15, 0.2) is 42.4 Å². The highest BCUT2D eigenvalue weighted by atomic mass is 16.5. The van der Waals surface area contributed by atoms with E-state index in [1.807, 2.05) is 0 Å². The van der Waals surface area contributed by atoms with Crippen molar-refractivity contribution in [3.63, 3.8) is 0 Å². The van der Waals surface area contributed by atoms with Crippen molar-refractivity contribution in [1.29, 1.82) is 0 Å². The predicted molar refractivity (Wildman–Crippen MR) is 110 cm³/mol. The van der Waals surface area contributed by atoms with E-state index in [1.54, 1.807) is 0 Å². The van der Waals surface area contributed by atoms with Crippen molar-refractivity contribution in [3.05, 3.63) is 59.1 Å². The number of rotatable bonds is 6. The third-order valence-electron chi connectivity index (χ3n) is 4.03. The van der Waals surface area contributed by atoms with Gasteiger partial charge >= 0.3 is 0 Å². The van der Waals surface area contributed by atoms with Crippen LogP contribution < -0.4 is 9.47 Å². The van der Waals surface area contributed by atoms with E-state index in [1.165, 1.54) is 18.2 Å². The molecule has 1 saturated heterocycles. The second-order valence-electron chi connectivity index (χ2n) is 5.81. The first-order valence-corrected chi connectivity index (χ1v) is 8.38. The fourth-order valence-electron chi connectivity index (χ4n) is 2.70. The predicted octanol–water partition coefficient (Wildman–Crippen LogP) is 4.36. The zero-order chi connectivity index (χ0) is 34.7. The van der Waals surface area contributed by atoms with Gasteiger partial charge in [-0.15, -0.1) is 0 Å². The highest BCUT2D eigenvalue weighted by Crippen LogP contribution is 2.39. The van der Waals surface area contributed by atoms with Crippen LogP contribution in [0.3, 0.4) is 0 Å². The maximum absolute atomic E-state index is 13.9. The highest BCUT2D eigenvalue weighted by molar-refractivity contribution is 6.02. The average Bonchev–Trinajstić information content (AvgIpc) is 3.14. The number of hydrogen-bond donors (Lipinski definition) is 0. The van der Waals surface area contributed by atoms with Crippen LogP contribution in [0.1, 0.15) is 63.9 Å². The summed E-state index contributed by atoms with van der Waals surface area (Å²) in [6.45, 7) is -11.4. The van der Waals surface area contributed by atoms with Gasteiger partial charge in [-0.25, -0.2) is 0 Å². The second kappa shape index (κ2) is 8.36. The van der Waals surface area contributed by atoms with Gasteiger partial charge in [0.25, 0.3) is 0 Å². The Morgan fingerprint density at radius 2 is 1.86 bits per heavy atom. The molecule has 2 aromatic rings. The molecule has 1 aliphatic carbocycles. The SMILES string of the molecule is [2H]c1c(OC)c(OC)c([2H])c2c1C(=O)C(C([2H])([2H])C1([2H])C([2H])([2H])C([2H])([2H])N(C([2H])([2H])c3ccccc3)C([2H])([2H])C1([2H])[2H])C2([2H])[2H]. The summed E-state index contributed by atoms with van der Waals surface area (Å²) in [5.74, 6) is -9.86. The van der Waals surface area contributed by atoms with Crippen molar-refractivity contribution in [2.45, 2.75) is 32.0 Å². The third kappa shape index (κ3) is 3.93. The van der Waals surface area contributed by atoms with Crippen molar-refractivity contribution in [2.75, 3.05) is 27.2 Å². The van der Waals surface area contributed by atoms with Crippen LogP contribution in [0.25, 0.3) is 0 Å². The van der Waals surface area contributed by atoms with Gasteiger partial charge in [0, 0.05) is 38.5 Å². The molecule has 1 heterocycles. The average molecular weight is 397 g/mol. The molecule has 0 N–H and O–H groups in total. The summed E-state index contributed by atoms with van der Waals surface area (Å²) in [6, 6.07) is 4.63. The molecule has 1 fully saturated rings. The molecule has 0 saturated carbocycles. The maximum atomic E-state index is 13.9. The number of nitrogens with zero attached hydrogens (tertiary/aromatic N) is 1. The molecule has 0 aromatic heterocycles. The van der Waals surface area contributed by atoms with Gasteiger partial charge in [-0.2, -0.15) is 0 Å². The number of likely N-dealkylation sites (tertiary alicyclic amines) is 1. The monoisotopic (exact) mass is 396 g/mol. The number of carbonyl (C=O) groups excluding carboxylic acids is 1. The normalized spacial score (nSPS) is 40.3. The lowest BCUT2D eigenvalue weighted by Crippen LogP contribution is -2.34. The zero-order valence-corrected chi connectivity index (χ0v) is 15.1. The van der Waals surface area contributed by atoms with Gasteiger partial charge in [0.15, 0.2) is 17.3 Å². The number of fused-ring (bicyclic) bond motifs is 1. The van der Waals surface area contributed by atoms with Gasteiger partial charge < -0.3 is 9.47 Å². The number of ketones is 1. The fraction of sp³-hybridized carbons (Fsp3) is 0.458. The summed E-state index contributed by atoms with van der Waals surface area (Å²) in [5, 5.41) is 0. The van der Waals surface area contributed by atoms with E-state index in [0.717, 1.165) is 26.4 Å². The highest BCUT2D eigenvalue weighted by Gasteiger charge is 2.34. The smallest absolute Gasteiger partial charge is 0.166 e. The molecule has 148 valence electrons. The summed E-state index contributed by atoms with van der Waals surface area (Å²) in [7, 11) is 2.11. The first-order chi connectivity index (χ1) is 20.2. The molecular formula is C24H29NO3. The summed E-state index contributed by atoms with van der Waals surface area (Å²) < 4.78 is 159. The minimum absolute atomic E-state index is 0.384. The molecule has 4 nitrogen and oxygen atoms in total. The van der Waals surface area contributed by atoms with E-state index in [4.69, 9.17) is 32.8 Å². The quantitative estimate of drug-likeness (QED) is 0.727. The van der Waals surface area contributed by atoms with Gasteiger partial charge in [-0.1, -0.05) is 30.3 Å². The van der Waals surface area contributed by atoms with Crippen LogP contribution in [-0.4, -0.2) is 37.9 Å². The second-order valence-corrected chi connectivity index (χ2v) is 5.81. The summed E-state index contributed by atoms with van der Waals surface area (Å²) in [4.78, 5) is 13.5. The first-order valence-electron chi connectivity index (χ1n) is 16.9. The summed E-state index contributed by atoms with van der Waals surface area (Å²) in [5.41, 5.74) is -2.20. The molecule has 1 unspecified atom stereocenters. The minimum Gasteiger partial charge on any atom is -0.493 e.